The van der Waals surface area contributed by atoms with Gasteiger partial charge in [0.15, 0.2) is 0 Å². The van der Waals surface area contributed by atoms with Crippen LogP contribution >= 0.6 is 0 Å². The second-order valence-electron chi connectivity index (χ2n) is 3.21. The van der Waals surface area contributed by atoms with Crippen LogP contribution in [0.3, 0.4) is 0 Å². The van der Waals surface area contributed by atoms with E-state index in [2.05, 4.69) is 0 Å². The molecular formula is C8H11F5O. The van der Waals surface area contributed by atoms with Crippen molar-refractivity contribution in [2.75, 3.05) is 0 Å². The van der Waals surface area contributed by atoms with Crippen molar-refractivity contribution in [3.8, 4) is 0 Å². The number of hydrogen-bond acceptors (Lipinski definition) is 1. The molecule has 0 amide bonds. The van der Waals surface area contributed by atoms with E-state index in [0.717, 1.165) is 6.08 Å². The highest BCUT2D eigenvalue weighted by Crippen LogP contribution is 2.38. The summed E-state index contributed by atoms with van der Waals surface area (Å²) in [4.78, 5) is 0. The van der Waals surface area contributed by atoms with Gasteiger partial charge in [-0.05, 0) is 13.8 Å². The second-order valence-corrected chi connectivity index (χ2v) is 3.21. The summed E-state index contributed by atoms with van der Waals surface area (Å²) in [6.45, 7) is 2.92. The van der Waals surface area contributed by atoms with Crippen LogP contribution in [0, 0.1) is 0 Å². The molecule has 0 spiro atoms. The zero-order valence-corrected chi connectivity index (χ0v) is 7.70. The zero-order valence-electron chi connectivity index (χ0n) is 7.70. The average molecular weight is 218 g/mol. The molecule has 14 heavy (non-hydrogen) atoms. The third-order valence-electron chi connectivity index (χ3n) is 1.67. The number of halogens is 5. The molecule has 0 aromatic rings. The largest absolute Gasteiger partial charge is 0.423 e. The minimum atomic E-state index is -5.33. The number of alkyl halides is 5. The first-order valence-electron chi connectivity index (χ1n) is 3.82. The van der Waals surface area contributed by atoms with E-state index >= 15 is 0 Å². The number of hydrogen-bond donors (Lipinski definition) is 1. The van der Waals surface area contributed by atoms with Crippen LogP contribution in [0.5, 0.6) is 0 Å². The van der Waals surface area contributed by atoms with Gasteiger partial charge in [-0.2, -0.15) is 13.2 Å². The predicted octanol–water partition coefficient (Wildman–Crippen LogP) is 2.90. The van der Waals surface area contributed by atoms with E-state index in [1.165, 1.54) is 13.8 Å². The lowest BCUT2D eigenvalue weighted by atomic mass is 9.98. The van der Waals surface area contributed by atoms with Gasteiger partial charge in [0.1, 0.15) is 0 Å². The van der Waals surface area contributed by atoms with Crippen LogP contribution in [0.25, 0.3) is 0 Å². The fourth-order valence-corrected chi connectivity index (χ4v) is 0.688. The Balaban J connectivity index is 4.84. The Kier molecular flexibility index (Phi) is 4.05. The fourth-order valence-electron chi connectivity index (χ4n) is 0.688. The topological polar surface area (TPSA) is 20.2 Å². The van der Waals surface area contributed by atoms with Crippen LogP contribution in [0.15, 0.2) is 11.6 Å². The van der Waals surface area contributed by atoms with Crippen molar-refractivity contribution in [2.45, 2.75) is 38.5 Å². The third-order valence-corrected chi connectivity index (χ3v) is 1.67. The van der Waals surface area contributed by atoms with Gasteiger partial charge >= 0.3 is 6.18 Å². The monoisotopic (exact) mass is 218 g/mol. The molecule has 0 rings (SSSR count). The van der Waals surface area contributed by atoms with Crippen LogP contribution < -0.4 is 0 Å². The summed E-state index contributed by atoms with van der Waals surface area (Å²) in [6, 6.07) is 0. The number of aliphatic hydroxyl groups is 1. The lowest BCUT2D eigenvalue weighted by Crippen LogP contribution is -2.50. The molecule has 0 heterocycles. The first kappa shape index (κ1) is 13.4. The van der Waals surface area contributed by atoms with Crippen molar-refractivity contribution >= 4 is 0 Å². The van der Waals surface area contributed by atoms with Gasteiger partial charge in [-0.25, -0.2) is 8.78 Å². The first-order chi connectivity index (χ1) is 6.11. The van der Waals surface area contributed by atoms with Crippen LogP contribution in [-0.2, 0) is 0 Å². The fraction of sp³-hybridized carbons (Fsp3) is 0.750. The lowest BCUT2D eigenvalue weighted by molar-refractivity contribution is -0.296. The maximum atomic E-state index is 12.0. The standard InChI is InChI=1S/C8H11F5O/c1-5(2)3-4-7(14,6(9)10)8(11,12)13/h3,6,14H,4H2,1-2H3. The Morgan fingerprint density at radius 1 is 1.29 bits per heavy atom. The van der Waals surface area contributed by atoms with Crippen LogP contribution in [0.4, 0.5) is 22.0 Å². The molecule has 1 unspecified atom stereocenters. The SMILES string of the molecule is CC(C)=CCC(O)(C(F)F)C(F)(F)F. The van der Waals surface area contributed by atoms with Gasteiger partial charge < -0.3 is 5.11 Å². The van der Waals surface area contributed by atoms with Gasteiger partial charge in [0.05, 0.1) is 0 Å². The summed E-state index contributed by atoms with van der Waals surface area (Å²) in [6.07, 6.45) is -9.37. The second kappa shape index (κ2) is 4.25. The molecule has 0 aromatic carbocycles. The molecule has 84 valence electrons. The van der Waals surface area contributed by atoms with Crippen molar-refractivity contribution in [1.29, 1.82) is 0 Å². The third kappa shape index (κ3) is 2.94. The Morgan fingerprint density at radius 3 is 1.93 bits per heavy atom. The summed E-state index contributed by atoms with van der Waals surface area (Å²) in [5.41, 5.74) is -3.50. The highest BCUT2D eigenvalue weighted by atomic mass is 19.4. The van der Waals surface area contributed by atoms with E-state index in [1.54, 1.807) is 0 Å². The summed E-state index contributed by atoms with van der Waals surface area (Å²) < 4.78 is 60.2. The van der Waals surface area contributed by atoms with Crippen LogP contribution in [0.1, 0.15) is 20.3 Å². The molecule has 1 N–H and O–H groups in total. The maximum absolute atomic E-state index is 12.0. The minimum absolute atomic E-state index is 0.438. The molecule has 0 radical (unpaired) electrons. The Bertz CT molecular complexity index is 216. The van der Waals surface area contributed by atoms with Crippen LogP contribution in [-0.4, -0.2) is 23.3 Å². The summed E-state index contributed by atoms with van der Waals surface area (Å²) in [5, 5.41) is 8.75. The summed E-state index contributed by atoms with van der Waals surface area (Å²) in [7, 11) is 0. The van der Waals surface area contributed by atoms with E-state index in [1.807, 2.05) is 0 Å². The molecule has 0 aliphatic carbocycles. The van der Waals surface area contributed by atoms with Crippen molar-refractivity contribution < 1.29 is 27.1 Å². The molecule has 1 nitrogen and oxygen atoms in total. The van der Waals surface area contributed by atoms with Gasteiger partial charge in [0.2, 0.25) is 5.60 Å². The molecule has 0 aliphatic heterocycles. The van der Waals surface area contributed by atoms with Crippen molar-refractivity contribution in [1.82, 2.24) is 0 Å². The Hall–Kier alpha value is -0.650. The minimum Gasteiger partial charge on any atom is -0.376 e. The molecule has 0 aliphatic rings. The molecule has 1 atom stereocenters. The molecule has 6 heteroatoms. The van der Waals surface area contributed by atoms with Gasteiger partial charge in [0.25, 0.3) is 6.43 Å². The van der Waals surface area contributed by atoms with Crippen LogP contribution in [0.2, 0.25) is 0 Å². The average Bonchev–Trinajstić information content (AvgIpc) is 1.97. The van der Waals surface area contributed by atoms with E-state index < -0.39 is 24.6 Å². The normalized spacial score (nSPS) is 16.6. The van der Waals surface area contributed by atoms with Crippen molar-refractivity contribution in [3.05, 3.63) is 11.6 Å². The van der Waals surface area contributed by atoms with Crippen molar-refractivity contribution in [3.63, 3.8) is 0 Å². The smallest absolute Gasteiger partial charge is 0.376 e. The quantitative estimate of drug-likeness (QED) is 0.570. The van der Waals surface area contributed by atoms with E-state index in [-0.39, 0.29) is 0 Å². The highest BCUT2D eigenvalue weighted by molar-refractivity contribution is 5.02. The van der Waals surface area contributed by atoms with E-state index in [9.17, 15) is 22.0 Å². The molecule has 0 aromatic heterocycles. The van der Waals surface area contributed by atoms with Gasteiger partial charge in [-0.1, -0.05) is 11.6 Å². The Morgan fingerprint density at radius 2 is 1.71 bits per heavy atom. The molecule has 0 saturated heterocycles. The highest BCUT2D eigenvalue weighted by Gasteiger charge is 2.59. The molecule has 0 saturated carbocycles. The Labute approximate surface area is 78.2 Å². The first-order valence-corrected chi connectivity index (χ1v) is 3.82. The zero-order chi connectivity index (χ0) is 11.6. The van der Waals surface area contributed by atoms with Gasteiger partial charge in [-0.15, -0.1) is 0 Å². The van der Waals surface area contributed by atoms with Gasteiger partial charge in [0, 0.05) is 6.42 Å². The molecular weight excluding hydrogens is 207 g/mol. The van der Waals surface area contributed by atoms with E-state index in [4.69, 9.17) is 5.11 Å². The lowest BCUT2D eigenvalue weighted by Gasteiger charge is -2.28. The van der Waals surface area contributed by atoms with Crippen molar-refractivity contribution in [2.24, 2.45) is 0 Å². The summed E-state index contributed by atoms with van der Waals surface area (Å²) in [5.74, 6) is 0. The predicted molar refractivity (Wildman–Crippen MR) is 41.1 cm³/mol. The molecule has 0 fully saturated rings. The van der Waals surface area contributed by atoms with Gasteiger partial charge in [-0.3, -0.25) is 0 Å². The molecule has 0 bridgehead atoms. The maximum Gasteiger partial charge on any atom is 0.423 e. The number of allylic oxidation sites excluding steroid dienone is 1. The summed E-state index contributed by atoms with van der Waals surface area (Å²) >= 11 is 0. The number of rotatable bonds is 3. The van der Waals surface area contributed by atoms with E-state index in [0.29, 0.717) is 5.57 Å².